The summed E-state index contributed by atoms with van der Waals surface area (Å²) in [5, 5.41) is 4.87. The van der Waals surface area contributed by atoms with Crippen molar-refractivity contribution in [2.75, 3.05) is 21.3 Å². The number of fused-ring (bicyclic) bond motifs is 1. The molecule has 6 heteroatoms. The molecule has 1 aliphatic heterocycles. The minimum atomic E-state index is -0.00707. The Kier molecular flexibility index (Phi) is 5.01. The minimum Gasteiger partial charge on any atom is -0.493 e. The number of benzene rings is 2. The Balaban J connectivity index is 1.89. The second-order valence-corrected chi connectivity index (χ2v) is 7.12. The van der Waals surface area contributed by atoms with Crippen molar-refractivity contribution in [3.05, 3.63) is 53.7 Å². The number of aryl methyl sites for hydroxylation is 1. The molecule has 1 aliphatic rings. The molecule has 0 saturated carbocycles. The maximum atomic E-state index is 5.56. The second-order valence-electron chi connectivity index (χ2n) is 7.12. The smallest absolute Gasteiger partial charge is 0.203 e. The molecule has 2 heterocycles. The van der Waals surface area contributed by atoms with Crippen molar-refractivity contribution >= 4 is 11.5 Å². The first-order valence-corrected chi connectivity index (χ1v) is 9.56. The summed E-state index contributed by atoms with van der Waals surface area (Å²) >= 11 is 0. The summed E-state index contributed by atoms with van der Waals surface area (Å²) in [5.74, 6) is 2.74. The second kappa shape index (κ2) is 7.62. The van der Waals surface area contributed by atoms with Crippen LogP contribution in [0.3, 0.4) is 0 Å². The Hall–Kier alpha value is -3.28. The third-order valence-electron chi connectivity index (χ3n) is 5.28. The van der Waals surface area contributed by atoms with Gasteiger partial charge in [-0.3, -0.25) is 0 Å². The van der Waals surface area contributed by atoms with E-state index in [4.69, 9.17) is 24.3 Å². The molecule has 2 aromatic carbocycles. The number of nitrogens with zero attached hydrogens (tertiary/aromatic N) is 3. The topological polar surface area (TPSA) is 57.9 Å². The Labute approximate surface area is 170 Å². The number of aliphatic imine (C=N–C) groups is 1. The average Bonchev–Trinajstić information content (AvgIpc) is 3.08. The van der Waals surface area contributed by atoms with E-state index in [2.05, 4.69) is 19.1 Å². The third kappa shape index (κ3) is 3.24. The van der Waals surface area contributed by atoms with Crippen LogP contribution < -0.4 is 14.2 Å². The van der Waals surface area contributed by atoms with Gasteiger partial charge in [-0.05, 0) is 37.1 Å². The first-order chi connectivity index (χ1) is 14.1. The fraction of sp³-hybridized carbons (Fsp3) is 0.304. The lowest BCUT2D eigenvalue weighted by Gasteiger charge is -2.25. The molecule has 1 unspecified atom stereocenters. The molecule has 29 heavy (non-hydrogen) atoms. The molecule has 0 saturated heterocycles. The van der Waals surface area contributed by atoms with E-state index in [1.807, 2.05) is 41.9 Å². The zero-order valence-corrected chi connectivity index (χ0v) is 17.4. The fourth-order valence-corrected chi connectivity index (χ4v) is 3.95. The van der Waals surface area contributed by atoms with Gasteiger partial charge in [-0.1, -0.05) is 30.3 Å². The van der Waals surface area contributed by atoms with Crippen molar-refractivity contribution in [1.82, 2.24) is 9.78 Å². The van der Waals surface area contributed by atoms with Gasteiger partial charge >= 0.3 is 0 Å². The summed E-state index contributed by atoms with van der Waals surface area (Å²) < 4.78 is 18.6. The molecule has 0 radical (unpaired) electrons. The zero-order valence-electron chi connectivity index (χ0n) is 17.4. The molecule has 0 aliphatic carbocycles. The number of ether oxygens (including phenoxy) is 3. The van der Waals surface area contributed by atoms with E-state index in [1.54, 1.807) is 21.3 Å². The van der Waals surface area contributed by atoms with Crippen LogP contribution in [-0.2, 0) is 0 Å². The van der Waals surface area contributed by atoms with Gasteiger partial charge in [0.1, 0.15) is 0 Å². The van der Waals surface area contributed by atoms with E-state index in [0.717, 1.165) is 40.3 Å². The molecule has 3 aromatic rings. The fourth-order valence-electron chi connectivity index (χ4n) is 3.95. The first-order valence-electron chi connectivity index (χ1n) is 9.56. The molecular formula is C23H25N3O3. The average molecular weight is 391 g/mol. The van der Waals surface area contributed by atoms with Crippen LogP contribution in [-0.4, -0.2) is 36.8 Å². The van der Waals surface area contributed by atoms with E-state index in [0.29, 0.717) is 17.2 Å². The highest BCUT2D eigenvalue weighted by molar-refractivity contribution is 5.90. The molecule has 0 fully saturated rings. The molecule has 6 nitrogen and oxygen atoms in total. The number of hydrogen-bond acceptors (Lipinski definition) is 5. The van der Waals surface area contributed by atoms with Crippen LogP contribution in [0.25, 0.3) is 11.1 Å². The van der Waals surface area contributed by atoms with Crippen LogP contribution in [0.15, 0.2) is 47.5 Å². The number of rotatable bonds is 5. The van der Waals surface area contributed by atoms with Gasteiger partial charge in [0, 0.05) is 17.7 Å². The summed E-state index contributed by atoms with van der Waals surface area (Å²) in [6.07, 6.45) is 0.765. The van der Waals surface area contributed by atoms with Crippen molar-refractivity contribution in [1.29, 1.82) is 0 Å². The largest absolute Gasteiger partial charge is 0.493 e. The monoisotopic (exact) mass is 391 g/mol. The van der Waals surface area contributed by atoms with Gasteiger partial charge in [-0.25, -0.2) is 9.67 Å². The van der Waals surface area contributed by atoms with Gasteiger partial charge in [-0.2, -0.15) is 5.10 Å². The molecule has 0 N–H and O–H groups in total. The molecule has 150 valence electrons. The zero-order chi connectivity index (χ0) is 20.5. The van der Waals surface area contributed by atoms with E-state index in [9.17, 15) is 0 Å². The normalized spacial score (nSPS) is 15.5. The van der Waals surface area contributed by atoms with Gasteiger partial charge < -0.3 is 14.2 Å². The van der Waals surface area contributed by atoms with Crippen molar-refractivity contribution in [3.8, 4) is 28.4 Å². The lowest BCUT2D eigenvalue weighted by Crippen LogP contribution is -2.19. The van der Waals surface area contributed by atoms with E-state index < -0.39 is 0 Å². The lowest BCUT2D eigenvalue weighted by atomic mass is 9.98. The maximum Gasteiger partial charge on any atom is 0.203 e. The number of aromatic nitrogens is 2. The van der Waals surface area contributed by atoms with Crippen molar-refractivity contribution in [2.45, 2.75) is 26.3 Å². The summed E-state index contributed by atoms with van der Waals surface area (Å²) in [6.45, 7) is 4.09. The summed E-state index contributed by atoms with van der Waals surface area (Å²) in [4.78, 5) is 4.87. The van der Waals surface area contributed by atoms with Gasteiger partial charge in [-0.15, -0.1) is 0 Å². The maximum absolute atomic E-state index is 5.56. The Morgan fingerprint density at radius 1 is 0.931 bits per heavy atom. The van der Waals surface area contributed by atoms with Gasteiger partial charge in [0.2, 0.25) is 5.75 Å². The van der Waals surface area contributed by atoms with Crippen LogP contribution in [0.5, 0.6) is 17.2 Å². The molecule has 0 bridgehead atoms. The minimum absolute atomic E-state index is 0.00707. The van der Waals surface area contributed by atoms with Crippen molar-refractivity contribution in [3.63, 3.8) is 0 Å². The highest BCUT2D eigenvalue weighted by Gasteiger charge is 2.29. The first kappa shape index (κ1) is 19.1. The highest BCUT2D eigenvalue weighted by atomic mass is 16.5. The quantitative estimate of drug-likeness (QED) is 0.616. The van der Waals surface area contributed by atoms with Gasteiger partial charge in [0.05, 0.1) is 33.1 Å². The molecule has 1 aromatic heterocycles. The van der Waals surface area contributed by atoms with Gasteiger partial charge in [0.25, 0.3) is 0 Å². The lowest BCUT2D eigenvalue weighted by molar-refractivity contribution is 0.323. The Morgan fingerprint density at radius 3 is 2.17 bits per heavy atom. The summed E-state index contributed by atoms with van der Waals surface area (Å²) in [7, 11) is 4.87. The van der Waals surface area contributed by atoms with E-state index in [1.165, 1.54) is 0 Å². The van der Waals surface area contributed by atoms with Crippen LogP contribution >= 0.6 is 0 Å². The number of methoxy groups -OCH3 is 3. The van der Waals surface area contributed by atoms with Gasteiger partial charge in [0.15, 0.2) is 17.3 Å². The Morgan fingerprint density at radius 2 is 1.59 bits per heavy atom. The standard InChI is InChI=1S/C23H25N3O3/c1-14-11-18(17-12-19(27-3)22(29-5)20(13-17)28-4)26-23(24-14)21(15(2)25-26)16-9-7-6-8-10-16/h6-10,12-13,18H,11H2,1-5H3. The third-order valence-corrected chi connectivity index (χ3v) is 5.28. The van der Waals surface area contributed by atoms with Crippen LogP contribution in [0, 0.1) is 6.92 Å². The predicted octanol–water partition coefficient (Wildman–Crippen LogP) is 4.97. The van der Waals surface area contributed by atoms with Crippen LogP contribution in [0.4, 0.5) is 5.82 Å². The van der Waals surface area contributed by atoms with E-state index in [-0.39, 0.29) is 6.04 Å². The molecule has 4 rings (SSSR count). The van der Waals surface area contributed by atoms with E-state index >= 15 is 0 Å². The van der Waals surface area contributed by atoms with Crippen molar-refractivity contribution < 1.29 is 14.2 Å². The Bertz CT molecular complexity index is 1050. The molecule has 0 amide bonds. The predicted molar refractivity (Wildman–Crippen MR) is 114 cm³/mol. The summed E-state index contributed by atoms with van der Waals surface area (Å²) in [6, 6.07) is 14.3. The van der Waals surface area contributed by atoms with Crippen LogP contribution in [0.1, 0.15) is 30.6 Å². The molecular weight excluding hydrogens is 366 g/mol. The number of hydrogen-bond donors (Lipinski definition) is 0. The highest BCUT2D eigenvalue weighted by Crippen LogP contribution is 2.45. The SMILES string of the molecule is COc1cc(C2CC(C)=Nc3c(-c4ccccc4)c(C)nn32)cc(OC)c1OC. The van der Waals surface area contributed by atoms with Crippen LogP contribution in [0.2, 0.25) is 0 Å². The summed E-state index contributed by atoms with van der Waals surface area (Å²) in [5.41, 5.74) is 5.25. The van der Waals surface area contributed by atoms with Crippen molar-refractivity contribution in [2.24, 2.45) is 4.99 Å². The molecule has 0 spiro atoms. The molecule has 1 atom stereocenters.